The van der Waals surface area contributed by atoms with Crippen molar-refractivity contribution in [1.82, 2.24) is 0 Å². The van der Waals surface area contributed by atoms with Crippen LogP contribution in [-0.4, -0.2) is 5.78 Å². The highest BCUT2D eigenvalue weighted by Gasteiger charge is 2.13. The van der Waals surface area contributed by atoms with Crippen LogP contribution in [0.4, 0.5) is 4.39 Å². The largest absolute Gasteiger partial charge is 0.294 e. The number of rotatable bonds is 3. The van der Waals surface area contributed by atoms with Gasteiger partial charge in [-0.05, 0) is 64.9 Å². The van der Waals surface area contributed by atoms with E-state index >= 15 is 0 Å². The van der Waals surface area contributed by atoms with E-state index in [9.17, 15) is 9.18 Å². The van der Waals surface area contributed by atoms with Crippen LogP contribution in [0, 0.1) is 16.3 Å². The van der Waals surface area contributed by atoms with Gasteiger partial charge in [-0.3, -0.25) is 4.79 Å². The number of ketones is 1. The van der Waals surface area contributed by atoms with Gasteiger partial charge in [0.15, 0.2) is 5.78 Å². The van der Waals surface area contributed by atoms with E-state index in [1.54, 1.807) is 0 Å². The Morgan fingerprint density at radius 1 is 1.26 bits per heavy atom. The monoisotopic (exact) mass is 388 g/mol. The average Bonchev–Trinajstić information content (AvgIpc) is 2.32. The van der Waals surface area contributed by atoms with Gasteiger partial charge >= 0.3 is 0 Å². The normalized spacial score (nSPS) is 10.5. The first-order chi connectivity index (χ1) is 8.97. The molecule has 0 N–H and O–H groups in total. The summed E-state index contributed by atoms with van der Waals surface area (Å²) in [5.41, 5.74) is 2.37. The first-order valence-electron chi connectivity index (χ1n) is 5.70. The maximum Gasteiger partial charge on any atom is 0.168 e. The summed E-state index contributed by atoms with van der Waals surface area (Å²) in [6.45, 7) is 1.94. The lowest BCUT2D eigenvalue weighted by Gasteiger charge is -2.06. The standard InChI is InChI=1S/C15H11ClFIO/c1-9-2-3-10(13(16)6-9)7-15(19)12-5-4-11(17)8-14(12)18/h2-6,8H,7H2,1H3. The molecule has 0 aliphatic carbocycles. The van der Waals surface area contributed by atoms with Gasteiger partial charge in [0.25, 0.3) is 0 Å². The Balaban J connectivity index is 2.25. The van der Waals surface area contributed by atoms with Crippen molar-refractivity contribution in [2.24, 2.45) is 0 Å². The highest BCUT2D eigenvalue weighted by atomic mass is 127. The van der Waals surface area contributed by atoms with Crippen molar-refractivity contribution in [3.05, 3.63) is 67.5 Å². The molecule has 0 aliphatic rings. The van der Waals surface area contributed by atoms with Crippen molar-refractivity contribution in [2.45, 2.75) is 13.3 Å². The van der Waals surface area contributed by atoms with Crippen LogP contribution >= 0.6 is 34.2 Å². The third kappa shape index (κ3) is 3.54. The molecule has 0 saturated carbocycles. The Hall–Kier alpha value is -0.940. The molecular formula is C15H11ClFIO. The average molecular weight is 389 g/mol. The molecule has 0 radical (unpaired) electrons. The summed E-state index contributed by atoms with van der Waals surface area (Å²) in [7, 11) is 0. The van der Waals surface area contributed by atoms with E-state index in [0.29, 0.717) is 14.2 Å². The van der Waals surface area contributed by atoms with Gasteiger partial charge in [0.2, 0.25) is 0 Å². The molecule has 0 amide bonds. The molecule has 19 heavy (non-hydrogen) atoms. The molecule has 0 aliphatic heterocycles. The van der Waals surface area contributed by atoms with Gasteiger partial charge in [0.1, 0.15) is 5.82 Å². The fourth-order valence-corrected chi connectivity index (χ4v) is 2.86. The van der Waals surface area contributed by atoms with Crippen LogP contribution in [0.5, 0.6) is 0 Å². The quantitative estimate of drug-likeness (QED) is 0.544. The number of carbonyl (C=O) groups is 1. The van der Waals surface area contributed by atoms with Crippen molar-refractivity contribution in [3.63, 3.8) is 0 Å². The maximum atomic E-state index is 13.0. The first-order valence-corrected chi connectivity index (χ1v) is 7.16. The molecule has 2 rings (SSSR count). The molecule has 0 saturated heterocycles. The van der Waals surface area contributed by atoms with Gasteiger partial charge in [-0.15, -0.1) is 0 Å². The third-order valence-corrected chi connectivity index (χ3v) is 4.04. The Morgan fingerprint density at radius 3 is 2.63 bits per heavy atom. The SMILES string of the molecule is Cc1ccc(CC(=O)c2ccc(F)cc2I)c(Cl)c1. The minimum Gasteiger partial charge on any atom is -0.294 e. The van der Waals surface area contributed by atoms with Crippen molar-refractivity contribution in [1.29, 1.82) is 0 Å². The van der Waals surface area contributed by atoms with Crippen LogP contribution in [0.1, 0.15) is 21.5 Å². The zero-order valence-electron chi connectivity index (χ0n) is 10.2. The van der Waals surface area contributed by atoms with Gasteiger partial charge in [0.05, 0.1) is 0 Å². The van der Waals surface area contributed by atoms with E-state index in [-0.39, 0.29) is 18.0 Å². The van der Waals surface area contributed by atoms with E-state index in [0.717, 1.165) is 11.1 Å². The van der Waals surface area contributed by atoms with Crippen molar-refractivity contribution < 1.29 is 9.18 Å². The van der Waals surface area contributed by atoms with Crippen molar-refractivity contribution >= 4 is 40.0 Å². The molecule has 0 spiro atoms. The second-order valence-electron chi connectivity index (χ2n) is 4.32. The van der Waals surface area contributed by atoms with Crippen molar-refractivity contribution in [2.75, 3.05) is 0 Å². The summed E-state index contributed by atoms with van der Waals surface area (Å²) in [6, 6.07) is 9.77. The van der Waals surface area contributed by atoms with Gasteiger partial charge in [-0.1, -0.05) is 23.7 Å². The second kappa shape index (κ2) is 6.01. The molecule has 0 bridgehead atoms. The molecule has 2 aromatic rings. The summed E-state index contributed by atoms with van der Waals surface area (Å²) in [5, 5.41) is 0.588. The summed E-state index contributed by atoms with van der Waals surface area (Å²) in [4.78, 5) is 12.2. The number of hydrogen-bond donors (Lipinski definition) is 0. The van der Waals surface area contributed by atoms with E-state index in [1.165, 1.54) is 18.2 Å². The van der Waals surface area contributed by atoms with E-state index in [2.05, 4.69) is 0 Å². The minimum absolute atomic E-state index is 0.0600. The molecule has 0 unspecified atom stereocenters. The summed E-state index contributed by atoms with van der Waals surface area (Å²) >= 11 is 8.08. The molecule has 0 aromatic heterocycles. The fraction of sp³-hybridized carbons (Fsp3) is 0.133. The Labute approximate surface area is 129 Å². The predicted octanol–water partition coefficient (Wildman–Crippen LogP) is 4.82. The van der Waals surface area contributed by atoms with E-state index in [1.807, 2.05) is 47.7 Å². The number of aryl methyl sites for hydroxylation is 1. The van der Waals surface area contributed by atoms with E-state index < -0.39 is 0 Å². The molecule has 98 valence electrons. The Morgan fingerprint density at radius 2 is 2.00 bits per heavy atom. The number of hydrogen-bond acceptors (Lipinski definition) is 1. The Bertz CT molecular complexity index is 640. The maximum absolute atomic E-state index is 13.0. The predicted molar refractivity (Wildman–Crippen MR) is 83.3 cm³/mol. The van der Waals surface area contributed by atoms with Crippen LogP contribution in [0.25, 0.3) is 0 Å². The molecule has 1 nitrogen and oxygen atoms in total. The van der Waals surface area contributed by atoms with Gasteiger partial charge in [-0.25, -0.2) is 4.39 Å². The first kappa shape index (κ1) is 14.5. The van der Waals surface area contributed by atoms with Crippen molar-refractivity contribution in [3.8, 4) is 0 Å². The summed E-state index contributed by atoms with van der Waals surface area (Å²) in [6.07, 6.45) is 0.223. The highest BCUT2D eigenvalue weighted by Crippen LogP contribution is 2.21. The number of halogens is 3. The molecule has 0 fully saturated rings. The minimum atomic E-state index is -0.339. The molecular weight excluding hydrogens is 378 g/mol. The molecule has 2 aromatic carbocycles. The number of carbonyl (C=O) groups excluding carboxylic acids is 1. The number of Topliss-reactive ketones (excluding diaryl/α,β-unsaturated/α-hetero) is 1. The summed E-state index contributed by atoms with van der Waals surface area (Å²) in [5.74, 6) is -0.399. The second-order valence-corrected chi connectivity index (χ2v) is 5.89. The van der Waals surface area contributed by atoms with E-state index in [4.69, 9.17) is 11.6 Å². The molecule has 0 heterocycles. The smallest absolute Gasteiger partial charge is 0.168 e. The van der Waals surface area contributed by atoms with Crippen LogP contribution in [-0.2, 0) is 6.42 Å². The van der Waals surface area contributed by atoms with Gasteiger partial charge in [-0.2, -0.15) is 0 Å². The van der Waals surface area contributed by atoms with Gasteiger partial charge in [0, 0.05) is 20.6 Å². The summed E-state index contributed by atoms with van der Waals surface area (Å²) < 4.78 is 13.6. The van der Waals surface area contributed by atoms with Gasteiger partial charge < -0.3 is 0 Å². The molecule has 4 heteroatoms. The number of benzene rings is 2. The molecule has 0 atom stereocenters. The highest BCUT2D eigenvalue weighted by molar-refractivity contribution is 14.1. The van der Waals surface area contributed by atoms with Crippen LogP contribution in [0.2, 0.25) is 5.02 Å². The zero-order chi connectivity index (χ0) is 14.0. The fourth-order valence-electron chi connectivity index (χ4n) is 1.78. The lowest BCUT2D eigenvalue weighted by Crippen LogP contribution is -2.06. The lowest BCUT2D eigenvalue weighted by atomic mass is 10.0. The zero-order valence-corrected chi connectivity index (χ0v) is 13.1. The van der Waals surface area contributed by atoms with Crippen LogP contribution in [0.15, 0.2) is 36.4 Å². The van der Waals surface area contributed by atoms with Crippen LogP contribution in [0.3, 0.4) is 0 Å². The lowest BCUT2D eigenvalue weighted by molar-refractivity contribution is 0.0992. The Kier molecular flexibility index (Phi) is 4.58. The third-order valence-electron chi connectivity index (χ3n) is 2.79. The topological polar surface area (TPSA) is 17.1 Å². The van der Waals surface area contributed by atoms with Crippen LogP contribution < -0.4 is 0 Å².